The monoisotopic (exact) mass is 467 g/mol. The van der Waals surface area contributed by atoms with Gasteiger partial charge in [0.2, 0.25) is 10.9 Å². The quantitative estimate of drug-likeness (QED) is 0.424. The minimum absolute atomic E-state index is 0.0594. The molecule has 1 atom stereocenters. The molecule has 2 aromatic carbocycles. The van der Waals surface area contributed by atoms with E-state index in [4.69, 9.17) is 4.42 Å². The highest BCUT2D eigenvalue weighted by Gasteiger charge is 2.45. The van der Waals surface area contributed by atoms with Crippen molar-refractivity contribution in [3.63, 3.8) is 0 Å². The highest BCUT2D eigenvalue weighted by Crippen LogP contribution is 2.42. The van der Waals surface area contributed by atoms with E-state index in [0.29, 0.717) is 21.7 Å². The number of aryl methyl sites for hydroxylation is 2. The van der Waals surface area contributed by atoms with E-state index in [0.717, 1.165) is 20.6 Å². The first-order valence-electron chi connectivity index (χ1n) is 8.90. The zero-order chi connectivity index (χ0) is 20.3. The molecule has 0 unspecified atom stereocenters. The van der Waals surface area contributed by atoms with Crippen molar-refractivity contribution in [2.24, 2.45) is 0 Å². The lowest BCUT2D eigenvalue weighted by Gasteiger charge is -2.22. The van der Waals surface area contributed by atoms with Crippen LogP contribution in [0.2, 0.25) is 0 Å². The fourth-order valence-electron chi connectivity index (χ4n) is 3.66. The van der Waals surface area contributed by atoms with Crippen LogP contribution in [0, 0.1) is 13.8 Å². The second-order valence-electron chi connectivity index (χ2n) is 6.91. The second-order valence-corrected chi connectivity index (χ2v) is 8.99. The van der Waals surface area contributed by atoms with E-state index in [1.807, 2.05) is 44.2 Å². The van der Waals surface area contributed by atoms with Gasteiger partial charge in [-0.15, -0.1) is 10.2 Å². The van der Waals surface area contributed by atoms with Crippen LogP contribution in [0.3, 0.4) is 0 Å². The maximum atomic E-state index is 13.5. The minimum Gasteiger partial charge on any atom is -0.450 e. The average Bonchev–Trinajstić information content (AvgIpc) is 3.24. The van der Waals surface area contributed by atoms with Gasteiger partial charge in [0.15, 0.2) is 5.43 Å². The van der Waals surface area contributed by atoms with E-state index < -0.39 is 6.04 Å². The highest BCUT2D eigenvalue weighted by atomic mass is 79.9. The van der Waals surface area contributed by atoms with E-state index in [2.05, 4.69) is 26.1 Å². The van der Waals surface area contributed by atoms with Crippen molar-refractivity contribution in [1.82, 2.24) is 10.2 Å². The second kappa shape index (κ2) is 6.60. The maximum absolute atomic E-state index is 13.5. The lowest BCUT2D eigenvalue weighted by atomic mass is 9.98. The Morgan fingerprint density at radius 1 is 1.10 bits per heavy atom. The van der Waals surface area contributed by atoms with Gasteiger partial charge in [-0.2, -0.15) is 0 Å². The number of nitrogens with zero attached hydrogens (tertiary/aromatic N) is 3. The summed E-state index contributed by atoms with van der Waals surface area (Å²) in [5.41, 5.74) is 2.27. The zero-order valence-corrected chi connectivity index (χ0v) is 17.9. The lowest BCUT2D eigenvalue weighted by Crippen LogP contribution is -2.29. The van der Waals surface area contributed by atoms with Crippen LogP contribution >= 0.6 is 27.3 Å². The van der Waals surface area contributed by atoms with Crippen LogP contribution in [0.1, 0.15) is 38.3 Å². The number of halogens is 1. The number of rotatable bonds is 2. The van der Waals surface area contributed by atoms with Crippen LogP contribution in [0.15, 0.2) is 56.1 Å². The first kappa shape index (κ1) is 18.2. The predicted molar refractivity (Wildman–Crippen MR) is 115 cm³/mol. The Hall–Kier alpha value is -2.84. The van der Waals surface area contributed by atoms with Gasteiger partial charge >= 0.3 is 0 Å². The molecule has 0 N–H and O–H groups in total. The first-order valence-corrected chi connectivity index (χ1v) is 10.5. The van der Waals surface area contributed by atoms with Gasteiger partial charge in [0.1, 0.15) is 10.6 Å². The third-order valence-electron chi connectivity index (χ3n) is 4.91. The molecular formula is C21H14BrN3O3S. The molecule has 0 radical (unpaired) electrons. The Morgan fingerprint density at radius 2 is 1.93 bits per heavy atom. The van der Waals surface area contributed by atoms with E-state index in [1.165, 1.54) is 16.2 Å². The molecule has 144 valence electrons. The molecule has 8 heteroatoms. The number of carbonyl (C=O) groups is 1. The summed E-state index contributed by atoms with van der Waals surface area (Å²) in [6.45, 7) is 3.74. The van der Waals surface area contributed by atoms with Crippen molar-refractivity contribution in [2.75, 3.05) is 4.90 Å². The SMILES string of the molecule is Cc1ccc2oc3c(c(=O)c2c1)[C@H](c1cccc(Br)c1)N(c1nnc(C)s1)C3=O. The number of aromatic nitrogens is 2. The number of carbonyl (C=O) groups excluding carboxylic acids is 1. The van der Waals surface area contributed by atoms with Crippen molar-refractivity contribution in [2.45, 2.75) is 19.9 Å². The van der Waals surface area contributed by atoms with Crippen LogP contribution in [-0.4, -0.2) is 16.1 Å². The number of hydrogen-bond donors (Lipinski definition) is 0. The van der Waals surface area contributed by atoms with Crippen LogP contribution in [-0.2, 0) is 0 Å². The summed E-state index contributed by atoms with van der Waals surface area (Å²) in [6, 6.07) is 12.3. The fraction of sp³-hybridized carbons (Fsp3) is 0.143. The van der Waals surface area contributed by atoms with Crippen molar-refractivity contribution in [1.29, 1.82) is 0 Å². The van der Waals surface area contributed by atoms with Gasteiger partial charge < -0.3 is 4.42 Å². The topological polar surface area (TPSA) is 76.3 Å². The van der Waals surface area contributed by atoms with Gasteiger partial charge in [-0.1, -0.05) is 51.0 Å². The summed E-state index contributed by atoms with van der Waals surface area (Å²) >= 11 is 4.78. The summed E-state index contributed by atoms with van der Waals surface area (Å²) in [5.74, 6) is -0.329. The van der Waals surface area contributed by atoms with Crippen LogP contribution in [0.25, 0.3) is 11.0 Å². The fourth-order valence-corrected chi connectivity index (χ4v) is 4.79. The smallest absolute Gasteiger partial charge is 0.297 e. The van der Waals surface area contributed by atoms with E-state index in [-0.39, 0.29) is 17.1 Å². The lowest BCUT2D eigenvalue weighted by molar-refractivity contribution is 0.0970. The molecule has 4 aromatic rings. The molecule has 0 spiro atoms. The summed E-state index contributed by atoms with van der Waals surface area (Å²) < 4.78 is 6.80. The Bertz CT molecular complexity index is 1360. The molecule has 1 amide bonds. The van der Waals surface area contributed by atoms with Crippen molar-refractivity contribution in [3.05, 3.63) is 84.6 Å². The Balaban J connectivity index is 1.84. The number of fused-ring (bicyclic) bond motifs is 2. The molecule has 0 fully saturated rings. The number of amides is 1. The maximum Gasteiger partial charge on any atom is 0.297 e. The largest absolute Gasteiger partial charge is 0.450 e. The van der Waals surface area contributed by atoms with Crippen LogP contribution in [0.5, 0.6) is 0 Å². The van der Waals surface area contributed by atoms with Gasteiger partial charge in [0.25, 0.3) is 5.91 Å². The molecule has 1 aliphatic heterocycles. The van der Waals surface area contributed by atoms with E-state index in [1.54, 1.807) is 12.1 Å². The van der Waals surface area contributed by atoms with Crippen LogP contribution in [0.4, 0.5) is 5.13 Å². The standard InChI is InChI=1S/C21H14BrN3O3S/c1-10-6-7-15-14(8-10)18(26)16-17(12-4-3-5-13(22)9-12)25(20(27)19(16)28-15)21-24-23-11(2)29-21/h3-9,17H,1-2H3/t17-/m0/s1. The first-order chi connectivity index (χ1) is 13.9. The number of anilines is 1. The molecule has 1 aliphatic rings. The third kappa shape index (κ3) is 2.82. The van der Waals surface area contributed by atoms with Gasteiger partial charge in [-0.25, -0.2) is 0 Å². The Morgan fingerprint density at radius 3 is 2.66 bits per heavy atom. The van der Waals surface area contributed by atoms with Gasteiger partial charge in [0.05, 0.1) is 17.0 Å². The van der Waals surface area contributed by atoms with Gasteiger partial charge in [-0.3, -0.25) is 14.5 Å². The predicted octanol–water partition coefficient (Wildman–Crippen LogP) is 4.77. The van der Waals surface area contributed by atoms with Crippen molar-refractivity contribution in [3.8, 4) is 0 Å². The molecule has 0 aliphatic carbocycles. The molecule has 2 aromatic heterocycles. The molecule has 6 nitrogen and oxygen atoms in total. The van der Waals surface area contributed by atoms with E-state index in [9.17, 15) is 9.59 Å². The summed E-state index contributed by atoms with van der Waals surface area (Å²) in [5, 5.41) is 9.84. The Labute approximate surface area is 177 Å². The molecule has 0 bridgehead atoms. The zero-order valence-electron chi connectivity index (χ0n) is 15.5. The molecule has 0 saturated heterocycles. The molecule has 0 saturated carbocycles. The molecule has 5 rings (SSSR count). The van der Waals surface area contributed by atoms with Crippen molar-refractivity contribution >= 4 is 49.3 Å². The summed E-state index contributed by atoms with van der Waals surface area (Å²) in [7, 11) is 0. The molecular weight excluding hydrogens is 454 g/mol. The summed E-state index contributed by atoms with van der Waals surface area (Å²) in [4.78, 5) is 28.4. The van der Waals surface area contributed by atoms with Gasteiger partial charge in [-0.05, 0) is 43.7 Å². The minimum atomic E-state index is -0.636. The summed E-state index contributed by atoms with van der Waals surface area (Å²) in [6.07, 6.45) is 0. The number of benzene rings is 2. The van der Waals surface area contributed by atoms with Crippen molar-refractivity contribution < 1.29 is 9.21 Å². The average molecular weight is 468 g/mol. The normalized spacial score (nSPS) is 15.9. The highest BCUT2D eigenvalue weighted by molar-refractivity contribution is 9.10. The Kier molecular flexibility index (Phi) is 4.15. The molecule has 29 heavy (non-hydrogen) atoms. The van der Waals surface area contributed by atoms with Crippen LogP contribution < -0.4 is 10.3 Å². The molecule has 3 heterocycles. The third-order valence-corrected chi connectivity index (χ3v) is 6.24. The van der Waals surface area contributed by atoms with E-state index >= 15 is 0 Å². The number of hydrogen-bond acceptors (Lipinski definition) is 6. The van der Waals surface area contributed by atoms with Gasteiger partial charge in [0, 0.05) is 4.47 Å².